The second-order valence-electron chi connectivity index (χ2n) is 6.26. The van der Waals surface area contributed by atoms with Crippen LogP contribution in [0.15, 0.2) is 6.07 Å². The first-order valence-electron chi connectivity index (χ1n) is 8.11. The third-order valence-corrected chi connectivity index (χ3v) is 4.54. The number of amides is 1. The van der Waals surface area contributed by atoms with Crippen molar-refractivity contribution in [1.29, 1.82) is 0 Å². The maximum absolute atomic E-state index is 12.3. The number of H-pyrrole nitrogens is 1. The van der Waals surface area contributed by atoms with Gasteiger partial charge in [0.15, 0.2) is 0 Å². The van der Waals surface area contributed by atoms with Crippen LogP contribution in [0.1, 0.15) is 34.7 Å². The van der Waals surface area contributed by atoms with Gasteiger partial charge < -0.3 is 10.6 Å². The Balaban J connectivity index is 1.67. The molecule has 1 fully saturated rings. The Morgan fingerprint density at radius 2 is 2.30 bits per heavy atom. The van der Waals surface area contributed by atoms with Crippen LogP contribution in [0.4, 0.5) is 0 Å². The first-order chi connectivity index (χ1) is 11.1. The SMILES string of the molecule is Cc1nn(C)c(C)c1-c1cc(C(=O)NCC2CCCNC2)[nH]n1. The number of hydrogen-bond donors (Lipinski definition) is 3. The number of piperidine rings is 1. The summed E-state index contributed by atoms with van der Waals surface area (Å²) in [7, 11) is 1.91. The first kappa shape index (κ1) is 15.7. The molecule has 124 valence electrons. The predicted octanol–water partition coefficient (Wildman–Crippen LogP) is 1.16. The van der Waals surface area contributed by atoms with Gasteiger partial charge in [-0.25, -0.2) is 0 Å². The minimum atomic E-state index is -0.103. The number of nitrogens with zero attached hydrogens (tertiary/aromatic N) is 3. The van der Waals surface area contributed by atoms with E-state index in [1.165, 1.54) is 6.42 Å². The van der Waals surface area contributed by atoms with Crippen LogP contribution in [-0.2, 0) is 7.05 Å². The molecule has 1 saturated heterocycles. The van der Waals surface area contributed by atoms with E-state index in [4.69, 9.17) is 0 Å². The molecule has 3 heterocycles. The second-order valence-corrected chi connectivity index (χ2v) is 6.26. The van der Waals surface area contributed by atoms with Crippen LogP contribution < -0.4 is 10.6 Å². The van der Waals surface area contributed by atoms with E-state index < -0.39 is 0 Å². The van der Waals surface area contributed by atoms with Gasteiger partial charge in [-0.1, -0.05) is 0 Å². The van der Waals surface area contributed by atoms with Gasteiger partial charge in [-0.05, 0) is 51.8 Å². The Labute approximate surface area is 135 Å². The Morgan fingerprint density at radius 3 is 2.96 bits per heavy atom. The highest BCUT2D eigenvalue weighted by Crippen LogP contribution is 2.25. The quantitative estimate of drug-likeness (QED) is 0.790. The fourth-order valence-electron chi connectivity index (χ4n) is 3.14. The summed E-state index contributed by atoms with van der Waals surface area (Å²) in [5, 5.41) is 17.9. The number of rotatable bonds is 4. The number of aromatic amines is 1. The van der Waals surface area contributed by atoms with Crippen molar-refractivity contribution < 1.29 is 4.79 Å². The number of carbonyl (C=O) groups excluding carboxylic acids is 1. The van der Waals surface area contributed by atoms with Gasteiger partial charge in [0.05, 0.1) is 11.4 Å². The highest BCUT2D eigenvalue weighted by atomic mass is 16.1. The minimum absolute atomic E-state index is 0.103. The molecule has 1 aliphatic heterocycles. The van der Waals surface area contributed by atoms with E-state index in [1.807, 2.05) is 25.6 Å². The summed E-state index contributed by atoms with van der Waals surface area (Å²) in [6.45, 7) is 6.71. The average molecular weight is 316 g/mol. The van der Waals surface area contributed by atoms with E-state index in [2.05, 4.69) is 25.9 Å². The van der Waals surface area contributed by atoms with E-state index >= 15 is 0 Å². The lowest BCUT2D eigenvalue weighted by Crippen LogP contribution is -2.38. The van der Waals surface area contributed by atoms with Gasteiger partial charge in [-0.15, -0.1) is 0 Å². The molecule has 2 aromatic heterocycles. The number of aryl methyl sites for hydroxylation is 2. The van der Waals surface area contributed by atoms with E-state index in [1.54, 1.807) is 6.07 Å². The lowest BCUT2D eigenvalue weighted by molar-refractivity contribution is 0.0940. The fourth-order valence-corrected chi connectivity index (χ4v) is 3.14. The highest BCUT2D eigenvalue weighted by Gasteiger charge is 2.18. The fraction of sp³-hybridized carbons (Fsp3) is 0.562. The molecular formula is C16H24N6O. The summed E-state index contributed by atoms with van der Waals surface area (Å²) in [6.07, 6.45) is 2.34. The molecule has 3 rings (SSSR count). The van der Waals surface area contributed by atoms with Crippen molar-refractivity contribution in [3.8, 4) is 11.3 Å². The van der Waals surface area contributed by atoms with Gasteiger partial charge >= 0.3 is 0 Å². The van der Waals surface area contributed by atoms with Crippen molar-refractivity contribution in [1.82, 2.24) is 30.6 Å². The molecule has 0 bridgehead atoms. The number of hydrogen-bond acceptors (Lipinski definition) is 4. The molecule has 23 heavy (non-hydrogen) atoms. The molecule has 1 atom stereocenters. The Bertz CT molecular complexity index is 695. The molecule has 1 aliphatic rings. The van der Waals surface area contributed by atoms with Gasteiger partial charge in [-0.3, -0.25) is 14.6 Å². The van der Waals surface area contributed by atoms with Gasteiger partial charge in [0.25, 0.3) is 5.91 Å². The maximum Gasteiger partial charge on any atom is 0.269 e. The van der Waals surface area contributed by atoms with Crippen molar-refractivity contribution >= 4 is 5.91 Å². The zero-order chi connectivity index (χ0) is 16.4. The van der Waals surface area contributed by atoms with Crippen molar-refractivity contribution in [2.75, 3.05) is 19.6 Å². The van der Waals surface area contributed by atoms with Gasteiger partial charge in [0, 0.05) is 24.8 Å². The number of nitrogens with one attached hydrogen (secondary N) is 3. The number of aromatic nitrogens is 4. The molecule has 2 aromatic rings. The molecule has 0 saturated carbocycles. The second kappa shape index (κ2) is 6.54. The number of carbonyl (C=O) groups is 1. The maximum atomic E-state index is 12.3. The molecule has 7 nitrogen and oxygen atoms in total. The third-order valence-electron chi connectivity index (χ3n) is 4.54. The lowest BCUT2D eigenvalue weighted by Gasteiger charge is -2.22. The van der Waals surface area contributed by atoms with Crippen LogP contribution in [0.5, 0.6) is 0 Å². The predicted molar refractivity (Wildman–Crippen MR) is 88.2 cm³/mol. The summed E-state index contributed by atoms with van der Waals surface area (Å²) in [4.78, 5) is 12.3. The van der Waals surface area contributed by atoms with Crippen LogP contribution in [0.2, 0.25) is 0 Å². The summed E-state index contributed by atoms with van der Waals surface area (Å²) < 4.78 is 1.83. The van der Waals surface area contributed by atoms with Crippen LogP contribution in [-0.4, -0.2) is 45.5 Å². The van der Waals surface area contributed by atoms with E-state index in [0.717, 1.165) is 42.2 Å². The van der Waals surface area contributed by atoms with Crippen molar-refractivity contribution in [3.05, 3.63) is 23.1 Å². The summed E-state index contributed by atoms with van der Waals surface area (Å²) >= 11 is 0. The molecular weight excluding hydrogens is 292 g/mol. The summed E-state index contributed by atoms with van der Waals surface area (Å²) in [6, 6.07) is 1.80. The molecule has 0 radical (unpaired) electrons. The van der Waals surface area contributed by atoms with Crippen molar-refractivity contribution in [2.45, 2.75) is 26.7 Å². The van der Waals surface area contributed by atoms with E-state index in [9.17, 15) is 4.79 Å². The molecule has 7 heteroatoms. The molecule has 1 amide bonds. The van der Waals surface area contributed by atoms with Gasteiger partial charge in [0.2, 0.25) is 0 Å². The highest BCUT2D eigenvalue weighted by molar-refractivity contribution is 5.93. The molecule has 3 N–H and O–H groups in total. The molecule has 0 aliphatic carbocycles. The molecule has 0 aromatic carbocycles. The Kier molecular flexibility index (Phi) is 4.47. The topological polar surface area (TPSA) is 87.6 Å². The lowest BCUT2D eigenvalue weighted by atomic mass is 10.00. The largest absolute Gasteiger partial charge is 0.350 e. The standard InChI is InChI=1S/C16H24N6O/c1-10-15(11(2)22(3)21-10)13-7-14(20-19-13)16(23)18-9-12-5-4-6-17-8-12/h7,12,17H,4-6,8-9H2,1-3H3,(H,18,23)(H,19,20). The van der Waals surface area contributed by atoms with Crippen LogP contribution in [0.25, 0.3) is 11.3 Å². The normalized spacial score (nSPS) is 18.1. The Morgan fingerprint density at radius 1 is 1.48 bits per heavy atom. The van der Waals surface area contributed by atoms with Crippen LogP contribution in [0, 0.1) is 19.8 Å². The average Bonchev–Trinajstić information content (AvgIpc) is 3.11. The van der Waals surface area contributed by atoms with Crippen molar-refractivity contribution in [3.63, 3.8) is 0 Å². The van der Waals surface area contributed by atoms with Crippen molar-refractivity contribution in [2.24, 2.45) is 13.0 Å². The van der Waals surface area contributed by atoms with E-state index in [-0.39, 0.29) is 5.91 Å². The van der Waals surface area contributed by atoms with Crippen LogP contribution in [0.3, 0.4) is 0 Å². The minimum Gasteiger partial charge on any atom is -0.350 e. The Hall–Kier alpha value is -2.15. The summed E-state index contributed by atoms with van der Waals surface area (Å²) in [5.74, 6) is 0.409. The smallest absolute Gasteiger partial charge is 0.269 e. The van der Waals surface area contributed by atoms with Crippen LogP contribution >= 0.6 is 0 Å². The molecule has 1 unspecified atom stereocenters. The zero-order valence-corrected chi connectivity index (χ0v) is 13.9. The molecule has 0 spiro atoms. The third kappa shape index (κ3) is 3.29. The van der Waals surface area contributed by atoms with Gasteiger partial charge in [-0.2, -0.15) is 10.2 Å². The monoisotopic (exact) mass is 316 g/mol. The first-order valence-corrected chi connectivity index (χ1v) is 8.11. The zero-order valence-electron chi connectivity index (χ0n) is 13.9. The summed E-state index contributed by atoms with van der Waals surface area (Å²) in [5.41, 5.74) is 4.19. The van der Waals surface area contributed by atoms with Gasteiger partial charge in [0.1, 0.15) is 5.69 Å². The van der Waals surface area contributed by atoms with E-state index in [0.29, 0.717) is 18.2 Å².